The summed E-state index contributed by atoms with van der Waals surface area (Å²) in [7, 11) is 0. The van der Waals surface area contributed by atoms with E-state index < -0.39 is 0 Å². The number of hydrogen-bond acceptors (Lipinski definition) is 6. The molecule has 0 aliphatic heterocycles. The highest BCUT2D eigenvalue weighted by molar-refractivity contribution is 7.11. The molecular weight excluding hydrogens is 334 g/mol. The van der Waals surface area contributed by atoms with Gasteiger partial charge < -0.3 is 5.32 Å². The quantitative estimate of drug-likeness (QED) is 0.689. The maximum absolute atomic E-state index is 12.1. The third kappa shape index (κ3) is 4.45. The zero-order chi connectivity index (χ0) is 17.6. The summed E-state index contributed by atoms with van der Waals surface area (Å²) in [4.78, 5) is 30.4. The molecule has 0 fully saturated rings. The average molecular weight is 353 g/mol. The van der Waals surface area contributed by atoms with Crippen molar-refractivity contribution in [2.24, 2.45) is 0 Å². The molecule has 0 saturated heterocycles. The van der Waals surface area contributed by atoms with Gasteiger partial charge in [-0.25, -0.2) is 15.0 Å². The Kier molecular flexibility index (Phi) is 5.45. The van der Waals surface area contributed by atoms with Crippen molar-refractivity contribution in [2.45, 2.75) is 26.7 Å². The Labute approximate surface area is 150 Å². The van der Waals surface area contributed by atoms with Crippen LogP contribution in [0.2, 0.25) is 0 Å². The van der Waals surface area contributed by atoms with E-state index in [-0.39, 0.29) is 5.91 Å². The van der Waals surface area contributed by atoms with E-state index in [0.717, 1.165) is 29.1 Å². The summed E-state index contributed by atoms with van der Waals surface area (Å²) in [6.07, 6.45) is 8.19. The zero-order valence-electron chi connectivity index (χ0n) is 14.2. The molecule has 0 saturated carbocycles. The van der Waals surface area contributed by atoms with Gasteiger partial charge >= 0.3 is 0 Å². The maximum atomic E-state index is 12.1. The van der Waals surface area contributed by atoms with Crippen LogP contribution in [0.5, 0.6) is 0 Å². The van der Waals surface area contributed by atoms with Gasteiger partial charge in [0.1, 0.15) is 0 Å². The van der Waals surface area contributed by atoms with Crippen molar-refractivity contribution >= 4 is 17.2 Å². The lowest BCUT2D eigenvalue weighted by Gasteiger charge is -2.05. The van der Waals surface area contributed by atoms with Gasteiger partial charge in [0.05, 0.1) is 16.3 Å². The van der Waals surface area contributed by atoms with Gasteiger partial charge in [0.15, 0.2) is 5.82 Å². The highest BCUT2D eigenvalue weighted by Crippen LogP contribution is 2.17. The van der Waals surface area contributed by atoms with E-state index in [9.17, 15) is 4.79 Å². The van der Waals surface area contributed by atoms with Crippen molar-refractivity contribution in [2.75, 3.05) is 6.54 Å². The standard InChI is InChI=1S/C18H19N5OS/c1-12-13(2)25-16(23-12)4-3-7-20-18(24)15-10-21-17(22-11-15)14-5-8-19-9-6-14/h5-6,8-11H,3-4,7H2,1-2H3,(H,20,24). The second kappa shape index (κ2) is 7.94. The molecule has 0 unspecified atom stereocenters. The molecule has 1 amide bonds. The predicted molar refractivity (Wildman–Crippen MR) is 97.5 cm³/mol. The molecule has 128 valence electrons. The fourth-order valence-corrected chi connectivity index (χ4v) is 3.26. The first-order chi connectivity index (χ1) is 12.1. The number of carbonyl (C=O) groups is 1. The Morgan fingerprint density at radius 1 is 1.16 bits per heavy atom. The highest BCUT2D eigenvalue weighted by Gasteiger charge is 2.08. The molecule has 0 aliphatic carbocycles. The van der Waals surface area contributed by atoms with Crippen LogP contribution in [0.15, 0.2) is 36.9 Å². The first-order valence-electron chi connectivity index (χ1n) is 8.07. The maximum Gasteiger partial charge on any atom is 0.254 e. The van der Waals surface area contributed by atoms with Gasteiger partial charge in [0.25, 0.3) is 5.91 Å². The smallest absolute Gasteiger partial charge is 0.254 e. The molecule has 0 atom stereocenters. The molecule has 6 nitrogen and oxygen atoms in total. The van der Waals surface area contributed by atoms with Crippen LogP contribution in [0, 0.1) is 13.8 Å². The molecule has 0 radical (unpaired) electrons. The number of thiazole rings is 1. The third-order valence-corrected chi connectivity index (χ3v) is 4.91. The summed E-state index contributed by atoms with van der Waals surface area (Å²) in [5.74, 6) is 0.418. The second-order valence-corrected chi connectivity index (χ2v) is 6.93. The van der Waals surface area contributed by atoms with Crippen LogP contribution in [-0.4, -0.2) is 32.4 Å². The van der Waals surface area contributed by atoms with Crippen molar-refractivity contribution < 1.29 is 4.79 Å². The average Bonchev–Trinajstić information content (AvgIpc) is 2.97. The summed E-state index contributed by atoms with van der Waals surface area (Å²) in [5, 5.41) is 4.02. The van der Waals surface area contributed by atoms with Crippen molar-refractivity contribution in [1.29, 1.82) is 0 Å². The number of nitrogens with zero attached hydrogens (tertiary/aromatic N) is 4. The van der Waals surface area contributed by atoms with E-state index in [1.54, 1.807) is 36.1 Å². The van der Waals surface area contributed by atoms with Crippen LogP contribution in [0.25, 0.3) is 11.4 Å². The summed E-state index contributed by atoms with van der Waals surface area (Å²) in [6, 6.07) is 3.66. The first kappa shape index (κ1) is 17.2. The van der Waals surface area contributed by atoms with Gasteiger partial charge in [-0.15, -0.1) is 11.3 Å². The van der Waals surface area contributed by atoms with Gasteiger partial charge in [-0.3, -0.25) is 9.78 Å². The Hall–Kier alpha value is -2.67. The molecule has 3 aromatic heterocycles. The zero-order valence-corrected chi connectivity index (χ0v) is 15.0. The van der Waals surface area contributed by atoms with Gasteiger partial charge in [-0.05, 0) is 32.4 Å². The van der Waals surface area contributed by atoms with E-state index in [1.807, 2.05) is 19.1 Å². The van der Waals surface area contributed by atoms with Crippen LogP contribution in [-0.2, 0) is 6.42 Å². The van der Waals surface area contributed by atoms with Crippen LogP contribution in [0.4, 0.5) is 0 Å². The SMILES string of the molecule is Cc1nc(CCCNC(=O)c2cnc(-c3ccncc3)nc2)sc1C. The number of hydrogen-bond donors (Lipinski definition) is 1. The molecular formula is C18H19N5OS. The van der Waals surface area contributed by atoms with Crippen molar-refractivity contribution in [3.63, 3.8) is 0 Å². The van der Waals surface area contributed by atoms with Gasteiger partial charge in [-0.2, -0.15) is 0 Å². The number of amides is 1. The number of carbonyl (C=O) groups excluding carboxylic acids is 1. The molecule has 0 spiro atoms. The Morgan fingerprint density at radius 3 is 2.52 bits per heavy atom. The lowest BCUT2D eigenvalue weighted by atomic mass is 10.2. The number of aryl methyl sites for hydroxylation is 3. The van der Waals surface area contributed by atoms with Crippen LogP contribution in [0.1, 0.15) is 32.4 Å². The minimum Gasteiger partial charge on any atom is -0.352 e. The molecule has 3 heterocycles. The number of nitrogens with one attached hydrogen (secondary N) is 1. The highest BCUT2D eigenvalue weighted by atomic mass is 32.1. The lowest BCUT2D eigenvalue weighted by molar-refractivity contribution is 0.0952. The number of rotatable bonds is 6. The number of pyridine rings is 1. The van der Waals surface area contributed by atoms with Crippen molar-refractivity contribution in [3.05, 3.63) is 58.1 Å². The third-order valence-electron chi connectivity index (χ3n) is 3.78. The fraction of sp³-hybridized carbons (Fsp3) is 0.278. The van der Waals surface area contributed by atoms with Crippen molar-refractivity contribution in [3.8, 4) is 11.4 Å². The normalized spacial score (nSPS) is 10.6. The Morgan fingerprint density at radius 2 is 1.88 bits per heavy atom. The van der Waals surface area contributed by atoms with E-state index in [1.165, 1.54) is 4.88 Å². The predicted octanol–water partition coefficient (Wildman–Crippen LogP) is 2.97. The van der Waals surface area contributed by atoms with Crippen molar-refractivity contribution in [1.82, 2.24) is 25.3 Å². The molecule has 3 aromatic rings. The molecule has 1 N–H and O–H groups in total. The monoisotopic (exact) mass is 353 g/mol. The van der Waals surface area contributed by atoms with Gasteiger partial charge in [-0.1, -0.05) is 0 Å². The minimum atomic E-state index is -0.159. The van der Waals surface area contributed by atoms with Gasteiger partial charge in [0.2, 0.25) is 0 Å². The van der Waals surface area contributed by atoms with E-state index in [0.29, 0.717) is 17.9 Å². The first-order valence-corrected chi connectivity index (χ1v) is 8.88. The topological polar surface area (TPSA) is 80.7 Å². The van der Waals surface area contributed by atoms with Gasteiger partial charge in [0, 0.05) is 48.2 Å². The Balaban J connectivity index is 1.49. The van der Waals surface area contributed by atoms with Crippen LogP contribution < -0.4 is 5.32 Å². The largest absolute Gasteiger partial charge is 0.352 e. The summed E-state index contributed by atoms with van der Waals surface area (Å²) in [5.41, 5.74) is 2.42. The van der Waals surface area contributed by atoms with E-state index >= 15 is 0 Å². The molecule has 0 aromatic carbocycles. The molecule has 7 heteroatoms. The summed E-state index contributed by atoms with van der Waals surface area (Å²) < 4.78 is 0. The molecule has 25 heavy (non-hydrogen) atoms. The van der Waals surface area contributed by atoms with E-state index in [4.69, 9.17) is 0 Å². The lowest BCUT2D eigenvalue weighted by Crippen LogP contribution is -2.25. The summed E-state index contributed by atoms with van der Waals surface area (Å²) in [6.45, 7) is 4.70. The fourth-order valence-electron chi connectivity index (χ4n) is 2.29. The molecule has 3 rings (SSSR count). The van der Waals surface area contributed by atoms with E-state index in [2.05, 4.69) is 32.2 Å². The summed E-state index contributed by atoms with van der Waals surface area (Å²) >= 11 is 1.72. The molecule has 0 aliphatic rings. The van der Waals surface area contributed by atoms with Crippen LogP contribution in [0.3, 0.4) is 0 Å². The minimum absolute atomic E-state index is 0.159. The Bertz CT molecular complexity index is 826. The number of aromatic nitrogens is 4. The van der Waals surface area contributed by atoms with Crippen LogP contribution >= 0.6 is 11.3 Å². The second-order valence-electron chi connectivity index (χ2n) is 5.64. The molecule has 0 bridgehead atoms.